The van der Waals surface area contributed by atoms with Crippen molar-refractivity contribution in [1.29, 1.82) is 0 Å². The Morgan fingerprint density at radius 3 is 2.52 bits per heavy atom. The summed E-state index contributed by atoms with van der Waals surface area (Å²) in [6.45, 7) is 9.96. The summed E-state index contributed by atoms with van der Waals surface area (Å²) in [6.07, 6.45) is 3.81. The minimum atomic E-state index is -0.569. The first kappa shape index (κ1) is 19.4. The molecule has 1 aliphatic heterocycles. The van der Waals surface area contributed by atoms with Gasteiger partial charge in [0.25, 0.3) is 5.91 Å². The average Bonchev–Trinajstić information content (AvgIpc) is 2.97. The molecule has 1 aromatic carbocycles. The van der Waals surface area contributed by atoms with Crippen LogP contribution in [-0.4, -0.2) is 53.6 Å². The number of aromatic amines is 1. The van der Waals surface area contributed by atoms with Crippen molar-refractivity contribution in [3.63, 3.8) is 0 Å². The van der Waals surface area contributed by atoms with Crippen molar-refractivity contribution in [1.82, 2.24) is 9.88 Å². The molecule has 0 spiro atoms. The van der Waals surface area contributed by atoms with Gasteiger partial charge in [-0.25, -0.2) is 0 Å². The minimum absolute atomic E-state index is 0.0429. The van der Waals surface area contributed by atoms with Crippen LogP contribution in [-0.2, 0) is 0 Å². The maximum Gasteiger partial charge on any atom is 0.270 e. The Morgan fingerprint density at radius 2 is 1.93 bits per heavy atom. The number of quaternary nitrogens is 1. The van der Waals surface area contributed by atoms with Gasteiger partial charge in [-0.2, -0.15) is 0 Å². The Kier molecular flexibility index (Phi) is 6.14. The van der Waals surface area contributed by atoms with E-state index in [1.165, 1.54) is 10.5 Å². The summed E-state index contributed by atoms with van der Waals surface area (Å²) in [6, 6.07) is 10.3. The standard InChI is InChI=1S/C22H29N3O2/c1-16-20(18(3)26)17(2)23-21(16)22(27)25-14-12-24(13-15-25)11-7-10-19-8-5-4-6-9-19/h4-10,18,23,26H,11-15H2,1-3H3/p+1/b10-7+/t18-/m1/s1. The van der Waals surface area contributed by atoms with Crippen molar-refractivity contribution in [2.24, 2.45) is 0 Å². The molecule has 0 aliphatic carbocycles. The highest BCUT2D eigenvalue weighted by atomic mass is 16.3. The number of aliphatic hydroxyl groups excluding tert-OH is 1. The van der Waals surface area contributed by atoms with Crippen molar-refractivity contribution in [3.8, 4) is 0 Å². The number of hydrogen-bond acceptors (Lipinski definition) is 2. The predicted octanol–water partition coefficient (Wildman–Crippen LogP) is 1.74. The Bertz CT molecular complexity index is 800. The first-order chi connectivity index (χ1) is 13.0. The van der Waals surface area contributed by atoms with Crippen LogP contribution in [0.25, 0.3) is 6.08 Å². The maximum absolute atomic E-state index is 12.9. The quantitative estimate of drug-likeness (QED) is 0.753. The lowest BCUT2D eigenvalue weighted by Gasteiger charge is -2.31. The number of amides is 1. The molecule has 5 nitrogen and oxygen atoms in total. The lowest BCUT2D eigenvalue weighted by atomic mass is 10.1. The molecule has 27 heavy (non-hydrogen) atoms. The third kappa shape index (κ3) is 4.49. The maximum atomic E-state index is 12.9. The van der Waals surface area contributed by atoms with E-state index in [0.717, 1.165) is 49.5 Å². The van der Waals surface area contributed by atoms with Crippen molar-refractivity contribution in [2.45, 2.75) is 26.9 Å². The highest BCUT2D eigenvalue weighted by molar-refractivity contribution is 5.94. The van der Waals surface area contributed by atoms with Gasteiger partial charge in [0.05, 0.1) is 38.8 Å². The van der Waals surface area contributed by atoms with Crippen LogP contribution < -0.4 is 4.90 Å². The second kappa shape index (κ2) is 8.55. The molecule has 0 unspecified atom stereocenters. The molecule has 0 radical (unpaired) electrons. The number of benzene rings is 1. The van der Waals surface area contributed by atoms with Crippen LogP contribution >= 0.6 is 0 Å². The Morgan fingerprint density at radius 1 is 1.26 bits per heavy atom. The van der Waals surface area contributed by atoms with Crippen molar-refractivity contribution < 1.29 is 14.8 Å². The van der Waals surface area contributed by atoms with Gasteiger partial charge in [0.15, 0.2) is 0 Å². The summed E-state index contributed by atoms with van der Waals surface area (Å²) in [5.41, 5.74) is 4.43. The normalized spacial score (nSPS) is 16.8. The predicted molar refractivity (Wildman–Crippen MR) is 108 cm³/mol. The van der Waals surface area contributed by atoms with Gasteiger partial charge in [-0.3, -0.25) is 4.79 Å². The summed E-state index contributed by atoms with van der Waals surface area (Å²) in [5, 5.41) is 9.94. The van der Waals surface area contributed by atoms with E-state index in [1.807, 2.05) is 36.9 Å². The summed E-state index contributed by atoms with van der Waals surface area (Å²) in [4.78, 5) is 19.5. The fourth-order valence-corrected chi connectivity index (χ4v) is 3.92. The Labute approximate surface area is 161 Å². The lowest BCUT2D eigenvalue weighted by Crippen LogP contribution is -3.14. The molecule has 1 fully saturated rings. The van der Waals surface area contributed by atoms with Gasteiger partial charge in [-0.15, -0.1) is 0 Å². The summed E-state index contributed by atoms with van der Waals surface area (Å²) >= 11 is 0. The van der Waals surface area contributed by atoms with Crippen molar-refractivity contribution in [3.05, 3.63) is 64.5 Å². The number of nitrogens with one attached hydrogen (secondary N) is 2. The lowest BCUT2D eigenvalue weighted by molar-refractivity contribution is -0.898. The van der Waals surface area contributed by atoms with E-state index in [2.05, 4.69) is 29.3 Å². The molecule has 1 atom stereocenters. The number of nitrogens with zero attached hydrogens (tertiary/aromatic N) is 1. The van der Waals surface area contributed by atoms with Gasteiger partial charge >= 0.3 is 0 Å². The first-order valence-corrected chi connectivity index (χ1v) is 9.69. The molecule has 1 aromatic heterocycles. The molecule has 0 saturated carbocycles. The molecular weight excluding hydrogens is 338 g/mol. The topological polar surface area (TPSA) is 60.8 Å². The number of aromatic nitrogens is 1. The number of piperazine rings is 1. The van der Waals surface area contributed by atoms with Gasteiger partial charge in [-0.1, -0.05) is 36.4 Å². The summed E-state index contributed by atoms with van der Waals surface area (Å²) in [7, 11) is 0. The van der Waals surface area contributed by atoms with E-state index in [4.69, 9.17) is 0 Å². The third-order valence-electron chi connectivity index (χ3n) is 5.40. The molecule has 2 heterocycles. The number of aryl methyl sites for hydroxylation is 1. The number of carbonyl (C=O) groups is 1. The smallest absolute Gasteiger partial charge is 0.270 e. The van der Waals surface area contributed by atoms with E-state index in [0.29, 0.717) is 5.69 Å². The zero-order chi connectivity index (χ0) is 19.4. The molecule has 0 bridgehead atoms. The van der Waals surface area contributed by atoms with Crippen LogP contribution in [0.5, 0.6) is 0 Å². The number of H-pyrrole nitrogens is 1. The molecule has 3 rings (SSSR count). The Hall–Kier alpha value is -2.37. The number of carbonyl (C=O) groups excluding carboxylic acids is 1. The van der Waals surface area contributed by atoms with Crippen LogP contribution in [0, 0.1) is 13.8 Å². The minimum Gasteiger partial charge on any atom is -0.389 e. The van der Waals surface area contributed by atoms with E-state index in [1.54, 1.807) is 6.92 Å². The van der Waals surface area contributed by atoms with Gasteiger partial charge < -0.3 is 19.9 Å². The molecule has 1 saturated heterocycles. The van der Waals surface area contributed by atoms with Gasteiger partial charge in [0, 0.05) is 11.3 Å². The largest absolute Gasteiger partial charge is 0.389 e. The number of hydrogen-bond donors (Lipinski definition) is 3. The van der Waals surface area contributed by atoms with E-state index < -0.39 is 6.10 Å². The van der Waals surface area contributed by atoms with Crippen molar-refractivity contribution in [2.75, 3.05) is 32.7 Å². The average molecular weight is 369 g/mol. The van der Waals surface area contributed by atoms with Crippen LogP contribution in [0.15, 0.2) is 36.4 Å². The van der Waals surface area contributed by atoms with Crippen molar-refractivity contribution >= 4 is 12.0 Å². The summed E-state index contributed by atoms with van der Waals surface area (Å²) < 4.78 is 0. The second-order valence-electron chi connectivity index (χ2n) is 7.40. The molecular formula is C22H30N3O2+. The SMILES string of the molecule is Cc1[nH]c(C(=O)N2CC[NH+](C/C=C/c3ccccc3)CC2)c(C)c1[C@@H](C)O. The highest BCUT2D eigenvalue weighted by Gasteiger charge is 2.27. The number of rotatable bonds is 5. The zero-order valence-electron chi connectivity index (χ0n) is 16.5. The molecule has 5 heteroatoms. The van der Waals surface area contributed by atoms with Gasteiger partial charge in [0.2, 0.25) is 0 Å². The van der Waals surface area contributed by atoms with E-state index in [-0.39, 0.29) is 5.91 Å². The second-order valence-corrected chi connectivity index (χ2v) is 7.40. The molecule has 144 valence electrons. The molecule has 3 N–H and O–H groups in total. The highest BCUT2D eigenvalue weighted by Crippen LogP contribution is 2.25. The monoisotopic (exact) mass is 368 g/mol. The molecule has 1 aliphatic rings. The Balaban J connectivity index is 1.55. The fraction of sp³-hybridized carbons (Fsp3) is 0.409. The zero-order valence-corrected chi connectivity index (χ0v) is 16.5. The molecule has 1 amide bonds. The van der Waals surface area contributed by atoms with Gasteiger partial charge in [0.1, 0.15) is 5.69 Å². The van der Waals surface area contributed by atoms with E-state index >= 15 is 0 Å². The fourth-order valence-electron chi connectivity index (χ4n) is 3.92. The van der Waals surface area contributed by atoms with Crippen LogP contribution in [0.4, 0.5) is 0 Å². The number of aliphatic hydroxyl groups is 1. The third-order valence-corrected chi connectivity index (χ3v) is 5.40. The van der Waals surface area contributed by atoms with Crippen LogP contribution in [0.3, 0.4) is 0 Å². The van der Waals surface area contributed by atoms with Crippen LogP contribution in [0.1, 0.15) is 45.9 Å². The van der Waals surface area contributed by atoms with Gasteiger partial charge in [-0.05, 0) is 38.0 Å². The van der Waals surface area contributed by atoms with Crippen LogP contribution in [0.2, 0.25) is 0 Å². The van der Waals surface area contributed by atoms with E-state index in [9.17, 15) is 9.90 Å². The summed E-state index contributed by atoms with van der Waals surface area (Å²) in [5.74, 6) is 0.0429. The molecule has 2 aromatic rings. The first-order valence-electron chi connectivity index (χ1n) is 9.69.